The molecule has 1 unspecified atom stereocenters. The predicted octanol–water partition coefficient (Wildman–Crippen LogP) is 2.44. The Kier molecular flexibility index (Phi) is 9.39. The molecule has 1 aliphatic rings. The lowest BCUT2D eigenvalue weighted by atomic mass is 9.80. The number of methoxy groups -OCH3 is 1. The van der Waals surface area contributed by atoms with Gasteiger partial charge in [0.05, 0.1) is 13.7 Å². The third-order valence-corrected chi connectivity index (χ3v) is 4.94. The molecule has 28 heavy (non-hydrogen) atoms. The Morgan fingerprint density at radius 2 is 2.11 bits per heavy atom. The number of alkyl halides is 2. The first-order valence-electron chi connectivity index (χ1n) is 9.07. The summed E-state index contributed by atoms with van der Waals surface area (Å²) in [6.45, 7) is 3.76. The van der Waals surface area contributed by atoms with Crippen molar-refractivity contribution in [3.63, 3.8) is 0 Å². The van der Waals surface area contributed by atoms with Crippen LogP contribution in [0.15, 0.2) is 18.2 Å². The van der Waals surface area contributed by atoms with Gasteiger partial charge >= 0.3 is 6.61 Å². The average molecular weight is 422 g/mol. The van der Waals surface area contributed by atoms with Gasteiger partial charge in [-0.15, -0.1) is 12.4 Å². The number of rotatable bonds is 8. The molecule has 1 amide bonds. The molecule has 9 heteroatoms. The highest BCUT2D eigenvalue weighted by molar-refractivity contribution is 5.85. The van der Waals surface area contributed by atoms with Crippen LogP contribution in [0.3, 0.4) is 0 Å². The predicted molar refractivity (Wildman–Crippen MR) is 106 cm³/mol. The molecule has 160 valence electrons. The van der Waals surface area contributed by atoms with Crippen molar-refractivity contribution >= 4 is 18.3 Å². The van der Waals surface area contributed by atoms with Crippen molar-refractivity contribution in [1.82, 2.24) is 10.2 Å². The summed E-state index contributed by atoms with van der Waals surface area (Å²) in [4.78, 5) is 14.3. The number of nitrogens with zero attached hydrogens (tertiary/aromatic N) is 1. The fraction of sp³-hybridized carbons (Fsp3) is 0.632. The van der Waals surface area contributed by atoms with E-state index in [1.807, 2.05) is 0 Å². The van der Waals surface area contributed by atoms with Crippen LogP contribution in [0.2, 0.25) is 0 Å². The summed E-state index contributed by atoms with van der Waals surface area (Å²) < 4.78 is 34.2. The second kappa shape index (κ2) is 10.8. The Bertz CT molecular complexity index is 647. The summed E-state index contributed by atoms with van der Waals surface area (Å²) in [5.74, 6) is 0.197. The quantitative estimate of drug-likeness (QED) is 0.674. The molecule has 0 aliphatic carbocycles. The van der Waals surface area contributed by atoms with Crippen molar-refractivity contribution in [2.24, 2.45) is 11.1 Å². The fourth-order valence-corrected chi connectivity index (χ4v) is 3.29. The van der Waals surface area contributed by atoms with Crippen LogP contribution in [-0.2, 0) is 11.2 Å². The first-order valence-corrected chi connectivity index (χ1v) is 9.07. The lowest BCUT2D eigenvalue weighted by Gasteiger charge is -2.42. The molecule has 1 aromatic carbocycles. The van der Waals surface area contributed by atoms with Crippen LogP contribution in [0.4, 0.5) is 8.78 Å². The summed E-state index contributed by atoms with van der Waals surface area (Å²) in [6.07, 6.45) is 1.44. The van der Waals surface area contributed by atoms with Crippen molar-refractivity contribution in [1.29, 1.82) is 0 Å². The fourth-order valence-electron chi connectivity index (χ4n) is 3.29. The van der Waals surface area contributed by atoms with Crippen LogP contribution in [0, 0.1) is 5.41 Å². The van der Waals surface area contributed by atoms with E-state index in [2.05, 4.69) is 28.8 Å². The minimum Gasteiger partial charge on any atom is -0.493 e. The number of nitrogens with two attached hydrogens (primary N) is 1. The molecule has 1 heterocycles. The van der Waals surface area contributed by atoms with E-state index >= 15 is 0 Å². The second-order valence-electron chi connectivity index (χ2n) is 7.56. The molecule has 0 aromatic heterocycles. The summed E-state index contributed by atoms with van der Waals surface area (Å²) in [5, 5.41) is 2.90. The maximum atomic E-state index is 12.4. The monoisotopic (exact) mass is 421 g/mol. The van der Waals surface area contributed by atoms with Crippen LogP contribution in [0.5, 0.6) is 11.5 Å². The van der Waals surface area contributed by atoms with Crippen LogP contribution in [0.25, 0.3) is 0 Å². The maximum Gasteiger partial charge on any atom is 0.387 e. The molecule has 1 saturated heterocycles. The molecule has 0 saturated carbocycles. The number of halogens is 3. The second-order valence-corrected chi connectivity index (χ2v) is 7.56. The van der Waals surface area contributed by atoms with Gasteiger partial charge < -0.3 is 20.5 Å². The third-order valence-electron chi connectivity index (χ3n) is 4.94. The zero-order chi connectivity index (χ0) is 20.0. The van der Waals surface area contributed by atoms with Crippen molar-refractivity contribution in [3.05, 3.63) is 23.8 Å². The normalized spacial score (nSPS) is 19.0. The smallest absolute Gasteiger partial charge is 0.387 e. The highest BCUT2D eigenvalue weighted by Gasteiger charge is 2.33. The molecule has 1 fully saturated rings. The number of likely N-dealkylation sites (tertiary alicyclic amines) is 1. The molecule has 1 aromatic rings. The summed E-state index contributed by atoms with van der Waals surface area (Å²) >= 11 is 0. The van der Waals surface area contributed by atoms with Gasteiger partial charge in [-0.05, 0) is 36.0 Å². The molecule has 0 spiro atoms. The van der Waals surface area contributed by atoms with E-state index in [1.54, 1.807) is 12.1 Å². The summed E-state index contributed by atoms with van der Waals surface area (Å²) in [5.41, 5.74) is 6.98. The van der Waals surface area contributed by atoms with Gasteiger partial charge in [0.25, 0.3) is 0 Å². The largest absolute Gasteiger partial charge is 0.493 e. The number of amides is 1. The number of benzene rings is 1. The highest BCUT2D eigenvalue weighted by atomic mass is 35.5. The van der Waals surface area contributed by atoms with Crippen molar-refractivity contribution in [2.75, 3.05) is 33.3 Å². The molecule has 3 N–H and O–H groups in total. The van der Waals surface area contributed by atoms with E-state index in [9.17, 15) is 13.6 Å². The number of hydrogen-bond donors (Lipinski definition) is 2. The Morgan fingerprint density at radius 1 is 1.39 bits per heavy atom. The molecule has 1 atom stereocenters. The first kappa shape index (κ1) is 24.4. The van der Waals surface area contributed by atoms with Crippen molar-refractivity contribution in [2.45, 2.75) is 39.3 Å². The van der Waals surface area contributed by atoms with Crippen LogP contribution >= 0.6 is 12.4 Å². The van der Waals surface area contributed by atoms with E-state index in [4.69, 9.17) is 10.5 Å². The van der Waals surface area contributed by atoms with E-state index in [1.165, 1.54) is 13.2 Å². The molecule has 1 aliphatic heterocycles. The topological polar surface area (TPSA) is 76.8 Å². The Balaban J connectivity index is 0.00000392. The van der Waals surface area contributed by atoms with Gasteiger partial charge in [0, 0.05) is 25.7 Å². The third kappa shape index (κ3) is 7.07. The molecule has 0 radical (unpaired) electrons. The molecular weight excluding hydrogens is 392 g/mol. The Hall–Kier alpha value is -1.64. The van der Waals surface area contributed by atoms with Gasteiger partial charge in [0.15, 0.2) is 11.5 Å². The van der Waals surface area contributed by atoms with E-state index in [-0.39, 0.29) is 41.3 Å². The van der Waals surface area contributed by atoms with Crippen LogP contribution in [0.1, 0.15) is 25.8 Å². The standard InChI is InChI=1S/C19H29F2N3O3.ClH/c1-19(2)12-24(9-7-16(19)22)11-17(25)23-8-6-13-4-5-14(27-18(20)21)15(10-13)26-3;/h4-5,10,16,18H,6-9,11-12,22H2,1-3H3,(H,23,25);1H. The molecule has 6 nitrogen and oxygen atoms in total. The maximum absolute atomic E-state index is 12.4. The SMILES string of the molecule is COc1cc(CCNC(=O)CN2CCC(N)C(C)(C)C2)ccc1OC(F)F.Cl. The molecule has 0 bridgehead atoms. The lowest BCUT2D eigenvalue weighted by Crippen LogP contribution is -2.54. The van der Waals surface area contributed by atoms with Gasteiger partial charge in [-0.25, -0.2) is 0 Å². The zero-order valence-electron chi connectivity index (χ0n) is 16.5. The number of ether oxygens (including phenoxy) is 2. The lowest BCUT2D eigenvalue weighted by molar-refractivity contribution is -0.123. The van der Waals surface area contributed by atoms with E-state index in [0.717, 1.165) is 25.1 Å². The molecule has 2 rings (SSSR count). The van der Waals surface area contributed by atoms with E-state index < -0.39 is 6.61 Å². The van der Waals surface area contributed by atoms with Crippen LogP contribution in [-0.4, -0.2) is 56.7 Å². The van der Waals surface area contributed by atoms with Gasteiger partial charge in [-0.2, -0.15) is 8.78 Å². The Morgan fingerprint density at radius 3 is 2.71 bits per heavy atom. The highest BCUT2D eigenvalue weighted by Crippen LogP contribution is 2.29. The number of carbonyl (C=O) groups excluding carboxylic acids is 1. The van der Waals surface area contributed by atoms with Crippen molar-refractivity contribution in [3.8, 4) is 11.5 Å². The minimum atomic E-state index is -2.90. The number of hydrogen-bond acceptors (Lipinski definition) is 5. The Labute approximate surface area is 171 Å². The van der Waals surface area contributed by atoms with Gasteiger partial charge in [-0.1, -0.05) is 19.9 Å². The number of piperidine rings is 1. The van der Waals surface area contributed by atoms with Crippen molar-refractivity contribution < 1.29 is 23.0 Å². The zero-order valence-corrected chi connectivity index (χ0v) is 17.4. The summed E-state index contributed by atoms with van der Waals surface area (Å²) in [6, 6.07) is 4.92. The minimum absolute atomic E-state index is 0. The first-order chi connectivity index (χ1) is 12.7. The van der Waals surface area contributed by atoms with Crippen LogP contribution < -0.4 is 20.5 Å². The van der Waals surface area contributed by atoms with Gasteiger partial charge in [-0.3, -0.25) is 9.69 Å². The van der Waals surface area contributed by atoms with E-state index in [0.29, 0.717) is 19.5 Å². The van der Waals surface area contributed by atoms with Gasteiger partial charge in [0.2, 0.25) is 5.91 Å². The summed E-state index contributed by atoms with van der Waals surface area (Å²) in [7, 11) is 1.39. The van der Waals surface area contributed by atoms with Gasteiger partial charge in [0.1, 0.15) is 0 Å². The average Bonchev–Trinajstić information content (AvgIpc) is 2.58. The number of carbonyl (C=O) groups is 1. The number of nitrogens with one attached hydrogen (secondary N) is 1. The molecular formula is C19H30ClF2N3O3.